The van der Waals surface area contributed by atoms with Crippen molar-refractivity contribution in [1.82, 2.24) is 5.32 Å². The lowest BCUT2D eigenvalue weighted by Gasteiger charge is -2.32. The van der Waals surface area contributed by atoms with Gasteiger partial charge < -0.3 is 39.1 Å². The summed E-state index contributed by atoms with van der Waals surface area (Å²) in [6, 6.07) is 12.3. The Labute approximate surface area is 315 Å². The Kier molecular flexibility index (Phi) is 19.6. The Morgan fingerprint density at radius 3 is 1.72 bits per heavy atom. The predicted molar refractivity (Wildman–Crippen MR) is 202 cm³/mol. The molecule has 0 heterocycles. The van der Waals surface area contributed by atoms with Crippen molar-refractivity contribution in [3.05, 3.63) is 78.9 Å². The third-order valence-corrected chi connectivity index (χ3v) is 6.96. The van der Waals surface area contributed by atoms with E-state index in [0.717, 1.165) is 23.3 Å². The van der Waals surface area contributed by atoms with Gasteiger partial charge in [0.15, 0.2) is 0 Å². The van der Waals surface area contributed by atoms with Crippen LogP contribution in [0.25, 0.3) is 0 Å². The maximum atomic E-state index is 12.9. The van der Waals surface area contributed by atoms with Gasteiger partial charge in [-0.15, -0.1) is 0 Å². The Balaban J connectivity index is 0.000000675. The van der Waals surface area contributed by atoms with Gasteiger partial charge in [0, 0.05) is 42.7 Å². The van der Waals surface area contributed by atoms with Crippen LogP contribution in [-0.4, -0.2) is 86.9 Å². The van der Waals surface area contributed by atoms with E-state index in [1.807, 2.05) is 25.1 Å². The van der Waals surface area contributed by atoms with Crippen molar-refractivity contribution < 1.29 is 57.2 Å². The first-order valence-corrected chi connectivity index (χ1v) is 16.8. The second-order valence-corrected chi connectivity index (χ2v) is 12.6. The smallest absolute Gasteiger partial charge is 0.411 e. The second kappa shape index (κ2) is 22.9. The van der Waals surface area contributed by atoms with E-state index in [0.29, 0.717) is 23.5 Å². The lowest BCUT2D eigenvalue weighted by molar-refractivity contribution is -0.147. The first-order valence-electron chi connectivity index (χ1n) is 16.8. The number of ether oxygens (including phenoxy) is 6. The molecule has 16 nitrogen and oxygen atoms in total. The van der Waals surface area contributed by atoms with E-state index in [1.54, 1.807) is 65.8 Å². The van der Waals surface area contributed by atoms with E-state index in [9.17, 15) is 28.8 Å². The number of anilines is 3. The number of benzene rings is 2. The van der Waals surface area contributed by atoms with Crippen LogP contribution in [0.1, 0.15) is 52.2 Å². The molecule has 16 heteroatoms. The Hall–Kier alpha value is -5.90. The number of para-hydroxylation sites is 1. The molecule has 1 atom stereocenters. The topological polar surface area (TPSA) is 206 Å². The fraction of sp³-hybridized carbons (Fsp3) is 0.421. The molecule has 0 aliphatic heterocycles. The van der Waals surface area contributed by atoms with Crippen LogP contribution in [0, 0.1) is 13.8 Å². The lowest BCUT2D eigenvalue weighted by atomic mass is 10.00. The van der Waals surface area contributed by atoms with Crippen molar-refractivity contribution in [2.45, 2.75) is 72.2 Å². The van der Waals surface area contributed by atoms with Gasteiger partial charge in [0.25, 0.3) is 5.91 Å². The highest BCUT2D eigenvalue weighted by Gasteiger charge is 2.34. The Morgan fingerprint density at radius 1 is 0.704 bits per heavy atom. The highest BCUT2D eigenvalue weighted by Crippen LogP contribution is 2.25. The average Bonchev–Trinajstić information content (AvgIpc) is 3.10. The molecule has 0 radical (unpaired) electrons. The number of nitrogens with one attached hydrogen (secondary N) is 4. The van der Waals surface area contributed by atoms with E-state index < -0.39 is 53.4 Å². The number of esters is 2. The van der Waals surface area contributed by atoms with Gasteiger partial charge >= 0.3 is 30.2 Å². The summed E-state index contributed by atoms with van der Waals surface area (Å²) in [5.41, 5.74) is 1.23. The first-order chi connectivity index (χ1) is 25.3. The molecule has 0 aromatic heterocycles. The summed E-state index contributed by atoms with van der Waals surface area (Å²) in [6.07, 6.45) is 0.153. The van der Waals surface area contributed by atoms with Gasteiger partial charge in [-0.05, 0) is 77.8 Å². The normalized spacial score (nSPS) is 11.2. The molecule has 0 fully saturated rings. The van der Waals surface area contributed by atoms with Crippen LogP contribution in [0.5, 0.6) is 0 Å². The van der Waals surface area contributed by atoms with E-state index in [4.69, 9.17) is 23.7 Å². The van der Waals surface area contributed by atoms with Gasteiger partial charge in [-0.1, -0.05) is 37.4 Å². The number of amides is 4. The standard InChI is InChI=1S/C25H37N3O8.C13H15NO4/c1-9-20(29)33-12-13-34-23(32)28-19-14-18(11-10-16(19)2)27-21(30)25(6,7)35-17(3)15-24(4,5)36-22(31)26-8;1-3-12(15)17-8-9-18-13(16)14-11-7-5-4-6-10(11)2/h9-11,14,17H,1,12-13,15H2,2-8H3,(H,26,31)(H,27,30)(H,28,32);3-7H,1,8-9H2,2H3,(H,14,16). The maximum Gasteiger partial charge on any atom is 0.411 e. The fourth-order valence-electron chi connectivity index (χ4n) is 4.43. The van der Waals surface area contributed by atoms with E-state index in [-0.39, 0.29) is 26.4 Å². The molecular formula is C38H52N4O12. The van der Waals surface area contributed by atoms with Gasteiger partial charge in [-0.2, -0.15) is 0 Å². The Bertz CT molecular complexity index is 1620. The molecule has 54 heavy (non-hydrogen) atoms. The van der Waals surface area contributed by atoms with Crippen molar-refractivity contribution in [2.24, 2.45) is 0 Å². The third kappa shape index (κ3) is 18.5. The number of aryl methyl sites for hydroxylation is 2. The highest BCUT2D eigenvalue weighted by molar-refractivity contribution is 5.97. The monoisotopic (exact) mass is 756 g/mol. The largest absolute Gasteiger partial charge is 0.459 e. The van der Waals surface area contributed by atoms with Gasteiger partial charge in [0.05, 0.1) is 6.10 Å². The van der Waals surface area contributed by atoms with Crippen molar-refractivity contribution in [2.75, 3.05) is 49.4 Å². The van der Waals surface area contributed by atoms with Crippen molar-refractivity contribution >= 4 is 53.2 Å². The maximum absolute atomic E-state index is 12.9. The number of hydrogen-bond acceptors (Lipinski definition) is 12. The predicted octanol–water partition coefficient (Wildman–Crippen LogP) is 6.19. The second-order valence-electron chi connectivity index (χ2n) is 12.6. The lowest BCUT2D eigenvalue weighted by Crippen LogP contribution is -2.44. The summed E-state index contributed by atoms with van der Waals surface area (Å²) in [5, 5.41) is 10.4. The minimum Gasteiger partial charge on any atom is -0.459 e. The van der Waals surface area contributed by atoms with E-state index in [2.05, 4.69) is 39.2 Å². The molecule has 0 aliphatic rings. The van der Waals surface area contributed by atoms with Gasteiger partial charge in [-0.3, -0.25) is 15.4 Å². The summed E-state index contributed by atoms with van der Waals surface area (Å²) < 4.78 is 30.5. The first kappa shape index (κ1) is 46.1. The van der Waals surface area contributed by atoms with Crippen LogP contribution < -0.4 is 21.3 Å². The van der Waals surface area contributed by atoms with Crippen LogP contribution in [-0.2, 0) is 42.8 Å². The molecule has 2 aromatic rings. The quantitative estimate of drug-likeness (QED) is 0.0617. The zero-order valence-electron chi connectivity index (χ0n) is 32.1. The minimum atomic E-state index is -1.21. The molecule has 0 spiro atoms. The van der Waals surface area contributed by atoms with Crippen LogP contribution in [0.4, 0.5) is 31.4 Å². The average molecular weight is 757 g/mol. The molecule has 2 rings (SSSR count). The molecular weight excluding hydrogens is 704 g/mol. The van der Waals surface area contributed by atoms with Gasteiger partial charge in [-0.25, -0.2) is 24.0 Å². The molecule has 0 bridgehead atoms. The molecule has 4 N–H and O–H groups in total. The highest BCUT2D eigenvalue weighted by atomic mass is 16.6. The zero-order chi connectivity index (χ0) is 40.9. The van der Waals surface area contributed by atoms with Crippen molar-refractivity contribution in [1.29, 1.82) is 0 Å². The van der Waals surface area contributed by atoms with E-state index >= 15 is 0 Å². The van der Waals surface area contributed by atoms with Gasteiger partial charge in [0.1, 0.15) is 37.6 Å². The number of rotatable bonds is 17. The number of alkyl carbamates (subject to hydrolysis) is 1. The fourth-order valence-corrected chi connectivity index (χ4v) is 4.43. The molecule has 0 saturated heterocycles. The van der Waals surface area contributed by atoms with E-state index in [1.165, 1.54) is 7.05 Å². The van der Waals surface area contributed by atoms with Crippen LogP contribution >= 0.6 is 0 Å². The summed E-state index contributed by atoms with van der Waals surface area (Å²) in [7, 11) is 1.48. The number of carbonyl (C=O) groups is 6. The summed E-state index contributed by atoms with van der Waals surface area (Å²) in [5.74, 6) is -1.56. The molecule has 0 aliphatic carbocycles. The molecule has 1 unspecified atom stereocenters. The van der Waals surface area contributed by atoms with Crippen molar-refractivity contribution in [3.8, 4) is 0 Å². The number of hydrogen-bond donors (Lipinski definition) is 4. The van der Waals surface area contributed by atoms with Gasteiger partial charge in [0.2, 0.25) is 0 Å². The SMILES string of the molecule is C=CC(=O)OCCOC(=O)Nc1cc(NC(=O)C(C)(C)OC(C)CC(C)(C)OC(=O)NC)ccc1C.C=CC(=O)OCCOC(=O)Nc1ccccc1C. The summed E-state index contributed by atoms with van der Waals surface area (Å²) >= 11 is 0. The minimum absolute atomic E-state index is 0.00268. The molecule has 2 aromatic carbocycles. The van der Waals surface area contributed by atoms with Crippen LogP contribution in [0.15, 0.2) is 67.8 Å². The Morgan fingerprint density at radius 2 is 1.20 bits per heavy atom. The number of carbonyl (C=O) groups excluding carboxylic acids is 6. The third-order valence-electron chi connectivity index (χ3n) is 6.96. The molecule has 296 valence electrons. The summed E-state index contributed by atoms with van der Waals surface area (Å²) in [6.45, 7) is 18.5. The van der Waals surface area contributed by atoms with Crippen molar-refractivity contribution in [3.63, 3.8) is 0 Å². The molecule has 4 amide bonds. The molecule has 0 saturated carbocycles. The summed E-state index contributed by atoms with van der Waals surface area (Å²) in [4.78, 5) is 69.6. The van der Waals surface area contributed by atoms with Crippen LogP contribution in [0.2, 0.25) is 0 Å². The van der Waals surface area contributed by atoms with Crippen LogP contribution in [0.3, 0.4) is 0 Å². The zero-order valence-corrected chi connectivity index (χ0v) is 32.1.